The fourth-order valence-corrected chi connectivity index (χ4v) is 0.925. The first-order valence-corrected chi connectivity index (χ1v) is 4.75. The molecule has 0 aliphatic rings. The molecule has 0 spiro atoms. The molecular formula is C8H19N5O. The first-order chi connectivity index (χ1) is 6.74. The highest BCUT2D eigenvalue weighted by atomic mass is 16.2. The summed E-state index contributed by atoms with van der Waals surface area (Å²) in [6, 6.07) is -0.459. The van der Waals surface area contributed by atoms with Crippen molar-refractivity contribution < 1.29 is 4.79 Å². The highest BCUT2D eigenvalue weighted by Gasteiger charge is 2.09. The number of carbonyl (C=O) groups is 1. The second-order valence-corrected chi connectivity index (χ2v) is 2.84. The van der Waals surface area contributed by atoms with Crippen molar-refractivity contribution in [2.45, 2.75) is 12.8 Å². The van der Waals surface area contributed by atoms with Gasteiger partial charge in [-0.1, -0.05) is 0 Å². The van der Waals surface area contributed by atoms with Gasteiger partial charge >= 0.3 is 6.03 Å². The molecule has 6 nitrogen and oxygen atoms in total. The average molecular weight is 201 g/mol. The Kier molecular flexibility index (Phi) is 8.20. The van der Waals surface area contributed by atoms with Gasteiger partial charge in [-0.15, -0.1) is 5.43 Å². The van der Waals surface area contributed by atoms with Crippen molar-refractivity contribution in [2.75, 3.05) is 33.2 Å². The predicted octanol–water partition coefficient (Wildman–Crippen LogP) is -1.14. The van der Waals surface area contributed by atoms with Crippen LogP contribution in [-0.2, 0) is 0 Å². The molecule has 0 aromatic heterocycles. The van der Waals surface area contributed by atoms with E-state index in [1.165, 1.54) is 7.05 Å². The minimum absolute atomic E-state index is 0.459. The molecule has 4 N–H and O–H groups in total. The molecule has 0 heterocycles. The van der Waals surface area contributed by atoms with Gasteiger partial charge < -0.3 is 11.5 Å². The van der Waals surface area contributed by atoms with Crippen LogP contribution in [0, 0.1) is 0 Å². The molecule has 0 aromatic rings. The molecule has 0 bridgehead atoms. The molecule has 2 radical (unpaired) electrons. The van der Waals surface area contributed by atoms with Gasteiger partial charge in [-0.05, 0) is 25.9 Å². The van der Waals surface area contributed by atoms with Gasteiger partial charge in [-0.2, -0.15) is 5.01 Å². The Labute approximate surface area is 85.0 Å². The van der Waals surface area contributed by atoms with Crippen molar-refractivity contribution >= 4 is 6.03 Å². The van der Waals surface area contributed by atoms with Gasteiger partial charge in [-0.25, -0.2) is 10.1 Å². The molecule has 82 valence electrons. The number of amides is 2. The van der Waals surface area contributed by atoms with Crippen LogP contribution < -0.4 is 22.2 Å². The summed E-state index contributed by atoms with van der Waals surface area (Å²) in [4.78, 5) is 10.9. The zero-order valence-corrected chi connectivity index (χ0v) is 8.65. The van der Waals surface area contributed by atoms with Crippen LogP contribution in [0.1, 0.15) is 12.8 Å². The smallest absolute Gasteiger partial charge is 0.330 e. The van der Waals surface area contributed by atoms with Crippen LogP contribution in [0.2, 0.25) is 0 Å². The number of hydrogen-bond donors (Lipinski definition) is 2. The van der Waals surface area contributed by atoms with Gasteiger partial charge in [0.1, 0.15) is 0 Å². The second kappa shape index (κ2) is 8.74. The van der Waals surface area contributed by atoms with E-state index in [9.17, 15) is 4.79 Å². The van der Waals surface area contributed by atoms with Crippen molar-refractivity contribution in [1.82, 2.24) is 15.8 Å². The van der Waals surface area contributed by atoms with Crippen LogP contribution in [0.4, 0.5) is 4.79 Å². The lowest BCUT2D eigenvalue weighted by atomic mass is 10.3. The molecule has 2 amide bonds. The van der Waals surface area contributed by atoms with E-state index in [4.69, 9.17) is 11.5 Å². The Morgan fingerprint density at radius 3 is 2.07 bits per heavy atom. The number of urea groups is 1. The average Bonchev–Trinajstić information content (AvgIpc) is 2.21. The Hall–Kier alpha value is -0.850. The monoisotopic (exact) mass is 201 g/mol. The standard InChI is InChI=1S/C8H19N5O/c1-11-8(14)12-13(6-2-4-9)7-3-5-10/h2-7,9-10H2,1H3. The third kappa shape index (κ3) is 6.64. The van der Waals surface area contributed by atoms with Crippen molar-refractivity contribution in [1.29, 1.82) is 0 Å². The maximum Gasteiger partial charge on any atom is 0.374 e. The van der Waals surface area contributed by atoms with E-state index in [0.29, 0.717) is 26.2 Å². The number of carbonyl (C=O) groups excluding carboxylic acids is 1. The summed E-state index contributed by atoms with van der Waals surface area (Å²) in [6.45, 7) is 2.54. The van der Waals surface area contributed by atoms with Gasteiger partial charge in [0.15, 0.2) is 0 Å². The summed E-state index contributed by atoms with van der Waals surface area (Å²) in [5.41, 5.74) is 14.5. The largest absolute Gasteiger partial charge is 0.374 e. The van der Waals surface area contributed by atoms with Crippen molar-refractivity contribution in [3.63, 3.8) is 0 Å². The molecule has 0 unspecified atom stereocenters. The summed E-state index contributed by atoms with van der Waals surface area (Å²) in [5.74, 6) is 0. The lowest BCUT2D eigenvalue weighted by molar-refractivity contribution is 0.170. The summed E-state index contributed by atoms with van der Waals surface area (Å²) < 4.78 is 0. The predicted molar refractivity (Wildman–Crippen MR) is 54.5 cm³/mol. The van der Waals surface area contributed by atoms with E-state index in [1.807, 2.05) is 0 Å². The van der Waals surface area contributed by atoms with Crippen molar-refractivity contribution in [2.24, 2.45) is 11.5 Å². The number of rotatable bonds is 7. The van der Waals surface area contributed by atoms with E-state index in [1.54, 1.807) is 5.01 Å². The Balaban J connectivity index is 3.77. The Morgan fingerprint density at radius 1 is 1.21 bits per heavy atom. The number of nitrogens with zero attached hydrogens (tertiary/aromatic N) is 3. The SMILES string of the molecule is C[N]C(=O)[N]N(CCCN)CCCN. The number of hydrogen-bond acceptors (Lipinski definition) is 4. The zero-order chi connectivity index (χ0) is 10.8. The van der Waals surface area contributed by atoms with Gasteiger partial charge in [0.05, 0.1) is 0 Å². The van der Waals surface area contributed by atoms with Crippen molar-refractivity contribution in [3.8, 4) is 0 Å². The number of nitrogens with two attached hydrogens (primary N) is 2. The first kappa shape index (κ1) is 13.2. The molecule has 0 atom stereocenters. The summed E-state index contributed by atoms with van der Waals surface area (Å²) in [7, 11) is 1.43. The van der Waals surface area contributed by atoms with Crippen LogP contribution in [0.25, 0.3) is 0 Å². The molecule has 0 rings (SSSR count). The van der Waals surface area contributed by atoms with Crippen LogP contribution >= 0.6 is 0 Å². The molecule has 0 saturated carbocycles. The molecule has 0 aliphatic carbocycles. The summed E-state index contributed by atoms with van der Waals surface area (Å²) in [6.07, 6.45) is 1.62. The van der Waals surface area contributed by atoms with E-state index < -0.39 is 6.03 Å². The minimum atomic E-state index is -0.459. The third-order valence-corrected chi connectivity index (χ3v) is 1.66. The fraction of sp³-hybridized carbons (Fsp3) is 0.875. The maximum absolute atomic E-state index is 10.9. The topological polar surface area (TPSA) is 101 Å². The lowest BCUT2D eigenvalue weighted by Gasteiger charge is -2.18. The molecule has 0 saturated heterocycles. The lowest BCUT2D eigenvalue weighted by Crippen LogP contribution is -2.40. The summed E-state index contributed by atoms with van der Waals surface area (Å²) in [5, 5.41) is 5.11. The van der Waals surface area contributed by atoms with Crippen LogP contribution in [0.15, 0.2) is 0 Å². The molecule has 6 heteroatoms. The molecular weight excluding hydrogens is 182 g/mol. The minimum Gasteiger partial charge on any atom is -0.330 e. The van der Waals surface area contributed by atoms with Crippen LogP contribution in [0.3, 0.4) is 0 Å². The quantitative estimate of drug-likeness (QED) is 0.508. The Bertz CT molecular complexity index is 145. The van der Waals surface area contributed by atoms with Gasteiger partial charge in [0.25, 0.3) is 0 Å². The normalized spacial score (nSPS) is 10.3. The second-order valence-electron chi connectivity index (χ2n) is 2.84. The van der Waals surface area contributed by atoms with Crippen LogP contribution in [0.5, 0.6) is 0 Å². The summed E-state index contributed by atoms with van der Waals surface area (Å²) >= 11 is 0. The van der Waals surface area contributed by atoms with E-state index >= 15 is 0 Å². The molecule has 0 aromatic carbocycles. The maximum atomic E-state index is 10.9. The van der Waals surface area contributed by atoms with Crippen LogP contribution in [-0.4, -0.2) is 44.3 Å². The fourth-order valence-electron chi connectivity index (χ4n) is 0.925. The van der Waals surface area contributed by atoms with Gasteiger partial charge in [0, 0.05) is 20.1 Å². The zero-order valence-electron chi connectivity index (χ0n) is 8.65. The third-order valence-electron chi connectivity index (χ3n) is 1.66. The van der Waals surface area contributed by atoms with Crippen molar-refractivity contribution in [3.05, 3.63) is 0 Å². The van der Waals surface area contributed by atoms with E-state index in [2.05, 4.69) is 10.7 Å². The highest BCUT2D eigenvalue weighted by Crippen LogP contribution is 1.90. The Morgan fingerprint density at radius 2 is 1.71 bits per heavy atom. The molecule has 14 heavy (non-hydrogen) atoms. The molecule has 0 aliphatic heterocycles. The van der Waals surface area contributed by atoms with E-state index in [0.717, 1.165) is 12.8 Å². The highest BCUT2D eigenvalue weighted by molar-refractivity contribution is 5.72. The van der Waals surface area contributed by atoms with E-state index in [-0.39, 0.29) is 0 Å². The van der Waals surface area contributed by atoms with Gasteiger partial charge in [0.2, 0.25) is 0 Å². The van der Waals surface area contributed by atoms with Gasteiger partial charge in [-0.3, -0.25) is 0 Å². The first-order valence-electron chi connectivity index (χ1n) is 4.75. The molecule has 0 fully saturated rings.